The van der Waals surface area contributed by atoms with E-state index in [0.717, 1.165) is 53.8 Å². The number of likely N-dealkylation sites (tertiary alicyclic amines) is 1. The highest BCUT2D eigenvalue weighted by molar-refractivity contribution is 6.20. The van der Waals surface area contributed by atoms with Gasteiger partial charge in [-0.2, -0.15) is 5.26 Å². The van der Waals surface area contributed by atoms with Crippen LogP contribution in [0.4, 0.5) is 14.5 Å². The van der Waals surface area contributed by atoms with Gasteiger partial charge in [0, 0.05) is 59.6 Å². The fourth-order valence-electron chi connectivity index (χ4n) is 6.86. The van der Waals surface area contributed by atoms with Crippen molar-refractivity contribution in [3.05, 3.63) is 64.3 Å². The van der Waals surface area contributed by atoms with Gasteiger partial charge in [-0.3, -0.25) is 9.28 Å². The maximum Gasteiger partial charge on any atom is 0.258 e. The minimum absolute atomic E-state index is 0.0274. The van der Waals surface area contributed by atoms with Crippen LogP contribution in [0, 0.1) is 11.3 Å². The Hall–Kier alpha value is -3.08. The van der Waals surface area contributed by atoms with Gasteiger partial charge >= 0.3 is 0 Å². The van der Waals surface area contributed by atoms with Crippen LogP contribution < -0.4 is 9.80 Å². The molecule has 7 heteroatoms. The molecule has 3 aromatic rings. The molecular weight excluding hydrogens is 458 g/mol. The van der Waals surface area contributed by atoms with Crippen LogP contribution in [0.25, 0.3) is 10.9 Å². The molecule has 1 aromatic heterocycles. The van der Waals surface area contributed by atoms with Gasteiger partial charge in [-0.15, -0.1) is 0 Å². The summed E-state index contributed by atoms with van der Waals surface area (Å²) < 4.78 is 29.2. The Morgan fingerprint density at radius 3 is 2.47 bits per heavy atom. The number of piperidine rings is 2. The molecule has 0 saturated carbocycles. The zero-order valence-corrected chi connectivity index (χ0v) is 20.8. The minimum atomic E-state index is -2.61. The van der Waals surface area contributed by atoms with Crippen molar-refractivity contribution in [2.75, 3.05) is 26.2 Å². The highest BCUT2D eigenvalue weighted by atomic mass is 19.3. The Bertz CT molecular complexity index is 1420. The van der Waals surface area contributed by atoms with Crippen LogP contribution in [-0.4, -0.2) is 48.9 Å². The zero-order chi connectivity index (χ0) is 25.3. The Balaban J connectivity index is 1.49. The van der Waals surface area contributed by atoms with Crippen LogP contribution in [0.15, 0.2) is 36.4 Å². The molecule has 2 saturated heterocycles. The summed E-state index contributed by atoms with van der Waals surface area (Å²) in [5.74, 6) is -2.64. The summed E-state index contributed by atoms with van der Waals surface area (Å²) in [6.45, 7) is 6.86. The molecule has 3 heterocycles. The van der Waals surface area contributed by atoms with Gasteiger partial charge in [0.1, 0.15) is 5.69 Å². The number of benzene rings is 2. The average Bonchev–Trinajstić information content (AvgIpc) is 3.28. The van der Waals surface area contributed by atoms with Gasteiger partial charge in [-0.1, -0.05) is 19.9 Å². The Morgan fingerprint density at radius 1 is 1.06 bits per heavy atom. The van der Waals surface area contributed by atoms with E-state index in [9.17, 15) is 18.8 Å². The number of fused-ring (bicyclic) bond motifs is 4. The molecule has 0 amide bonds. The average molecular weight is 490 g/mol. The molecule has 36 heavy (non-hydrogen) atoms. The van der Waals surface area contributed by atoms with E-state index in [0.29, 0.717) is 34.3 Å². The van der Waals surface area contributed by atoms with Gasteiger partial charge in [0.15, 0.2) is 5.78 Å². The number of carbonyl (C=O) groups is 1. The Morgan fingerprint density at radius 2 is 1.78 bits per heavy atom. The lowest BCUT2D eigenvalue weighted by Gasteiger charge is -2.50. The number of nitriles is 1. The molecule has 0 radical (unpaired) electrons. The van der Waals surface area contributed by atoms with Crippen molar-refractivity contribution < 1.29 is 13.6 Å². The van der Waals surface area contributed by atoms with Gasteiger partial charge in [0.25, 0.3) is 5.92 Å². The minimum Gasteiger partial charge on any atom is -0.357 e. The van der Waals surface area contributed by atoms with Crippen molar-refractivity contribution in [2.24, 2.45) is 0 Å². The number of aromatic amines is 1. The lowest BCUT2D eigenvalue weighted by molar-refractivity contribution is -0.0628. The number of hydrogen-bond acceptors (Lipinski definition) is 3. The molecule has 1 aliphatic carbocycles. The number of hydrogen-bond donors (Lipinski definition) is 2. The van der Waals surface area contributed by atoms with Crippen molar-refractivity contribution in [3.8, 4) is 6.07 Å². The lowest BCUT2D eigenvalue weighted by atomic mass is 9.71. The van der Waals surface area contributed by atoms with E-state index >= 15 is 0 Å². The summed E-state index contributed by atoms with van der Waals surface area (Å²) in [6, 6.07) is 13.9. The maximum atomic E-state index is 14.3. The van der Waals surface area contributed by atoms with Crippen LogP contribution in [0.2, 0.25) is 0 Å². The third kappa shape index (κ3) is 3.35. The highest BCUT2D eigenvalue weighted by Gasteiger charge is 2.50. The Kier molecular flexibility index (Phi) is 5.16. The lowest BCUT2D eigenvalue weighted by Crippen LogP contribution is -2.64. The molecule has 0 spiro atoms. The summed E-state index contributed by atoms with van der Waals surface area (Å²) in [7, 11) is 0. The molecule has 0 bridgehead atoms. The first-order chi connectivity index (χ1) is 17.2. The third-order valence-corrected chi connectivity index (χ3v) is 8.98. The van der Waals surface area contributed by atoms with Gasteiger partial charge in [0.05, 0.1) is 49.2 Å². The second-order valence-electron chi connectivity index (χ2n) is 11.2. The molecule has 0 atom stereocenters. The van der Waals surface area contributed by atoms with Crippen LogP contribution >= 0.6 is 0 Å². The molecule has 2 aromatic carbocycles. The van der Waals surface area contributed by atoms with Crippen LogP contribution in [0.5, 0.6) is 0 Å². The number of rotatable bonds is 2. The van der Waals surface area contributed by atoms with E-state index < -0.39 is 11.3 Å². The van der Waals surface area contributed by atoms with Gasteiger partial charge in [-0.25, -0.2) is 8.78 Å². The van der Waals surface area contributed by atoms with Crippen LogP contribution in [0.3, 0.4) is 0 Å². The number of aromatic nitrogens is 1. The number of quaternary nitrogens is 1. The van der Waals surface area contributed by atoms with Gasteiger partial charge in [0.2, 0.25) is 0 Å². The van der Waals surface area contributed by atoms with Gasteiger partial charge < -0.3 is 10.3 Å². The van der Waals surface area contributed by atoms with Crippen molar-refractivity contribution in [1.29, 1.82) is 5.26 Å². The molecule has 2 fully saturated rings. The fraction of sp³-hybridized carbons (Fsp3) is 0.448. The van der Waals surface area contributed by atoms with E-state index in [1.54, 1.807) is 12.1 Å². The first kappa shape index (κ1) is 23.3. The molecule has 2 N–H and O–H groups in total. The van der Waals surface area contributed by atoms with Crippen LogP contribution in [-0.2, 0) is 5.41 Å². The normalized spacial score (nSPS) is 22.6. The standard InChI is InChI=1S/C29H30F2N4O/c1-28(2)23-16-20(35(19-7-11-33-12-8-19)13-9-29(30,31)10-14-35)4-6-21(23)26(36)25-22-5-3-18(17-32)15-24(22)34-27(25)28/h3-6,15-16,19,33H,7-14H2,1-2H3/p+1. The Labute approximate surface area is 209 Å². The van der Waals surface area contributed by atoms with Crippen molar-refractivity contribution in [1.82, 2.24) is 14.8 Å². The molecule has 6 rings (SSSR count). The third-order valence-electron chi connectivity index (χ3n) is 8.98. The largest absolute Gasteiger partial charge is 0.357 e. The predicted octanol–water partition coefficient (Wildman–Crippen LogP) is 5.40. The SMILES string of the molecule is CC1(C)c2cc([N+]3(C4CCNCC4)CCC(F)(F)CC3)ccc2C(=O)c2c1[nH]c1cc(C#N)ccc21. The highest BCUT2D eigenvalue weighted by Crippen LogP contribution is 2.47. The topological polar surface area (TPSA) is 68.7 Å². The quantitative estimate of drug-likeness (QED) is 0.474. The van der Waals surface area contributed by atoms with E-state index in [1.165, 1.54) is 0 Å². The number of halogens is 2. The van der Waals surface area contributed by atoms with E-state index in [4.69, 9.17) is 0 Å². The molecule has 3 aliphatic rings. The first-order valence-corrected chi connectivity index (χ1v) is 12.9. The molecule has 5 nitrogen and oxygen atoms in total. The number of nitrogens with zero attached hydrogens (tertiary/aromatic N) is 2. The van der Waals surface area contributed by atoms with E-state index in [1.807, 2.05) is 18.2 Å². The number of alkyl halides is 2. The van der Waals surface area contributed by atoms with Crippen molar-refractivity contribution in [2.45, 2.75) is 56.9 Å². The molecule has 0 unspecified atom stereocenters. The summed E-state index contributed by atoms with van der Waals surface area (Å²) in [5.41, 5.74) is 5.01. The van der Waals surface area contributed by atoms with E-state index in [2.05, 4.69) is 36.3 Å². The van der Waals surface area contributed by atoms with Crippen molar-refractivity contribution in [3.63, 3.8) is 0 Å². The summed E-state index contributed by atoms with van der Waals surface area (Å²) in [4.78, 5) is 17.2. The summed E-state index contributed by atoms with van der Waals surface area (Å²) in [5, 5.41) is 13.6. The molecule has 2 aliphatic heterocycles. The summed E-state index contributed by atoms with van der Waals surface area (Å²) >= 11 is 0. The summed E-state index contributed by atoms with van der Waals surface area (Å²) in [6.07, 6.45) is 1.70. The second-order valence-corrected chi connectivity index (χ2v) is 11.2. The second kappa shape index (κ2) is 7.96. The zero-order valence-electron chi connectivity index (χ0n) is 20.8. The smallest absolute Gasteiger partial charge is 0.258 e. The monoisotopic (exact) mass is 489 g/mol. The van der Waals surface area contributed by atoms with Gasteiger partial charge in [-0.05, 0) is 29.8 Å². The molecule has 186 valence electrons. The van der Waals surface area contributed by atoms with Crippen LogP contribution in [0.1, 0.15) is 72.3 Å². The number of H-pyrrole nitrogens is 1. The first-order valence-electron chi connectivity index (χ1n) is 12.9. The number of carbonyl (C=O) groups excluding carboxylic acids is 1. The number of ketones is 1. The number of nitrogens with one attached hydrogen (secondary N) is 2. The maximum absolute atomic E-state index is 14.3. The van der Waals surface area contributed by atoms with E-state index in [-0.39, 0.29) is 24.7 Å². The predicted molar refractivity (Wildman–Crippen MR) is 137 cm³/mol. The fourth-order valence-corrected chi connectivity index (χ4v) is 6.86. The molecular formula is C29H31F2N4O+. The van der Waals surface area contributed by atoms with Crippen molar-refractivity contribution >= 4 is 22.4 Å².